The first-order chi connectivity index (χ1) is 7.54. The van der Waals surface area contributed by atoms with E-state index in [0.717, 1.165) is 12.1 Å². The lowest BCUT2D eigenvalue weighted by molar-refractivity contribution is 0.253. The van der Waals surface area contributed by atoms with Crippen molar-refractivity contribution in [2.45, 2.75) is 0 Å². The minimum absolute atomic E-state index is 0.0413. The molecule has 0 atom stereocenters. The molecule has 0 radical (unpaired) electrons. The molecule has 6 heteroatoms. The topological polar surface area (TPSA) is 61.4 Å². The first-order valence-electron chi connectivity index (χ1n) is 4.38. The van der Waals surface area contributed by atoms with Gasteiger partial charge in [-0.3, -0.25) is 0 Å². The number of hydrogen-bond acceptors (Lipinski definition) is 2. The van der Waals surface area contributed by atoms with E-state index >= 15 is 0 Å². The molecule has 0 aliphatic rings. The molecule has 4 nitrogen and oxygen atoms in total. The van der Waals surface area contributed by atoms with Crippen LogP contribution in [0, 0.1) is 5.82 Å². The summed E-state index contributed by atoms with van der Waals surface area (Å²) in [5, 5.41) is 13.7. The Labute approximate surface area is 96.7 Å². The summed E-state index contributed by atoms with van der Waals surface area (Å²) in [5.74, 6) is -1.15. The van der Waals surface area contributed by atoms with Crippen LogP contribution in [0.5, 0.6) is 5.75 Å². The molecule has 0 fully saturated rings. The first kappa shape index (κ1) is 12.3. The van der Waals surface area contributed by atoms with Crippen molar-refractivity contribution in [2.24, 2.45) is 0 Å². The Morgan fingerprint density at radius 1 is 1.62 bits per heavy atom. The summed E-state index contributed by atoms with van der Waals surface area (Å²) in [7, 11) is 0. The Balaban J connectivity index is 2.77. The lowest BCUT2D eigenvalue weighted by Crippen LogP contribution is -2.28. The van der Waals surface area contributed by atoms with Crippen molar-refractivity contribution >= 4 is 23.3 Å². The Hall–Kier alpha value is -1.75. The highest BCUT2D eigenvalue weighted by molar-refractivity contribution is 6.32. The largest absolute Gasteiger partial charge is 0.506 e. The Morgan fingerprint density at radius 3 is 2.94 bits per heavy atom. The van der Waals surface area contributed by atoms with Gasteiger partial charge in [0, 0.05) is 12.6 Å². The number of carbonyl (C=O) groups excluding carboxylic acids is 1. The number of amides is 2. The number of carbonyl (C=O) groups is 1. The van der Waals surface area contributed by atoms with Crippen LogP contribution in [0.2, 0.25) is 5.02 Å². The van der Waals surface area contributed by atoms with Crippen LogP contribution in [-0.4, -0.2) is 17.7 Å². The van der Waals surface area contributed by atoms with Crippen LogP contribution < -0.4 is 10.6 Å². The number of phenolic OH excluding ortho intramolecular Hbond substituents is 1. The molecule has 0 aliphatic heterocycles. The number of nitrogens with one attached hydrogen (secondary N) is 2. The molecular weight excluding hydrogens is 235 g/mol. The second-order valence-electron chi connectivity index (χ2n) is 2.91. The fourth-order valence-electron chi connectivity index (χ4n) is 0.964. The minimum Gasteiger partial charge on any atom is -0.506 e. The van der Waals surface area contributed by atoms with Crippen molar-refractivity contribution in [1.29, 1.82) is 0 Å². The number of benzene rings is 1. The second kappa shape index (κ2) is 5.37. The van der Waals surface area contributed by atoms with Gasteiger partial charge in [-0.05, 0) is 6.07 Å². The fraction of sp³-hybridized carbons (Fsp3) is 0.100. The van der Waals surface area contributed by atoms with Crippen LogP contribution >= 0.6 is 11.6 Å². The molecule has 0 bridgehead atoms. The zero-order valence-electron chi connectivity index (χ0n) is 8.26. The average molecular weight is 245 g/mol. The molecule has 1 rings (SSSR count). The monoisotopic (exact) mass is 244 g/mol. The van der Waals surface area contributed by atoms with E-state index in [2.05, 4.69) is 17.2 Å². The van der Waals surface area contributed by atoms with Gasteiger partial charge < -0.3 is 15.7 Å². The van der Waals surface area contributed by atoms with E-state index in [-0.39, 0.29) is 23.0 Å². The lowest BCUT2D eigenvalue weighted by Gasteiger charge is -2.08. The summed E-state index contributed by atoms with van der Waals surface area (Å²) in [6.07, 6.45) is 1.49. The SMILES string of the molecule is C=CCNC(=O)Nc1cc(Cl)c(O)cc1F. The van der Waals surface area contributed by atoms with E-state index < -0.39 is 11.8 Å². The van der Waals surface area contributed by atoms with Gasteiger partial charge in [0.2, 0.25) is 0 Å². The minimum atomic E-state index is -0.768. The molecule has 0 saturated heterocycles. The van der Waals surface area contributed by atoms with Gasteiger partial charge in [-0.15, -0.1) is 6.58 Å². The highest BCUT2D eigenvalue weighted by Gasteiger charge is 2.10. The lowest BCUT2D eigenvalue weighted by atomic mass is 10.3. The zero-order chi connectivity index (χ0) is 12.1. The van der Waals surface area contributed by atoms with Crippen LogP contribution in [0.3, 0.4) is 0 Å². The maximum absolute atomic E-state index is 13.2. The third-order valence-electron chi connectivity index (χ3n) is 1.69. The molecule has 16 heavy (non-hydrogen) atoms. The Bertz CT molecular complexity index is 424. The van der Waals surface area contributed by atoms with Gasteiger partial charge in [-0.25, -0.2) is 9.18 Å². The molecule has 0 saturated carbocycles. The Morgan fingerprint density at radius 2 is 2.31 bits per heavy atom. The standard InChI is InChI=1S/C10H10ClFN2O2/c1-2-3-13-10(16)14-8-4-6(11)9(15)5-7(8)12/h2,4-5,15H,1,3H2,(H2,13,14,16). The molecule has 2 amide bonds. The summed E-state index contributed by atoms with van der Waals surface area (Å²) >= 11 is 5.57. The van der Waals surface area contributed by atoms with E-state index in [1.165, 1.54) is 6.08 Å². The summed E-state index contributed by atoms with van der Waals surface area (Å²) in [4.78, 5) is 11.2. The van der Waals surface area contributed by atoms with Crippen LogP contribution in [0.1, 0.15) is 0 Å². The number of urea groups is 1. The van der Waals surface area contributed by atoms with Crippen LogP contribution in [0.15, 0.2) is 24.8 Å². The van der Waals surface area contributed by atoms with Crippen molar-refractivity contribution in [3.05, 3.63) is 35.6 Å². The Kier molecular flexibility index (Phi) is 4.13. The predicted molar refractivity (Wildman–Crippen MR) is 60.3 cm³/mol. The van der Waals surface area contributed by atoms with Gasteiger partial charge >= 0.3 is 6.03 Å². The number of anilines is 1. The maximum Gasteiger partial charge on any atom is 0.319 e. The fourth-order valence-corrected chi connectivity index (χ4v) is 1.13. The highest BCUT2D eigenvalue weighted by atomic mass is 35.5. The number of hydrogen-bond donors (Lipinski definition) is 3. The number of halogens is 2. The van der Waals surface area contributed by atoms with Crippen molar-refractivity contribution in [1.82, 2.24) is 5.32 Å². The third kappa shape index (κ3) is 3.13. The van der Waals surface area contributed by atoms with Crippen molar-refractivity contribution < 1.29 is 14.3 Å². The molecular formula is C10H10ClFN2O2. The van der Waals surface area contributed by atoms with Gasteiger partial charge in [-0.1, -0.05) is 17.7 Å². The summed E-state index contributed by atoms with van der Waals surface area (Å²) in [6.45, 7) is 3.68. The van der Waals surface area contributed by atoms with Gasteiger partial charge in [0.1, 0.15) is 5.75 Å². The van der Waals surface area contributed by atoms with E-state index in [0.29, 0.717) is 0 Å². The van der Waals surface area contributed by atoms with E-state index in [4.69, 9.17) is 16.7 Å². The van der Waals surface area contributed by atoms with E-state index in [9.17, 15) is 9.18 Å². The number of phenols is 1. The smallest absolute Gasteiger partial charge is 0.319 e. The third-order valence-corrected chi connectivity index (χ3v) is 1.99. The van der Waals surface area contributed by atoms with Crippen LogP contribution in [0.4, 0.5) is 14.9 Å². The van der Waals surface area contributed by atoms with Gasteiger partial charge in [0.05, 0.1) is 10.7 Å². The number of rotatable bonds is 3. The van der Waals surface area contributed by atoms with Crippen LogP contribution in [0.25, 0.3) is 0 Å². The molecule has 86 valence electrons. The van der Waals surface area contributed by atoms with Gasteiger partial charge in [-0.2, -0.15) is 0 Å². The summed E-state index contributed by atoms with van der Waals surface area (Å²) < 4.78 is 13.2. The summed E-state index contributed by atoms with van der Waals surface area (Å²) in [6, 6.07) is 1.37. The van der Waals surface area contributed by atoms with E-state index in [1.54, 1.807) is 0 Å². The van der Waals surface area contributed by atoms with E-state index in [1.807, 2.05) is 0 Å². The normalized spacial score (nSPS) is 9.62. The molecule has 0 aliphatic carbocycles. The van der Waals surface area contributed by atoms with Crippen molar-refractivity contribution in [2.75, 3.05) is 11.9 Å². The molecule has 1 aromatic carbocycles. The molecule has 0 spiro atoms. The first-order valence-corrected chi connectivity index (χ1v) is 4.76. The molecule has 0 unspecified atom stereocenters. The predicted octanol–water partition coefficient (Wildman–Crippen LogP) is 2.49. The highest BCUT2D eigenvalue weighted by Crippen LogP contribution is 2.28. The molecule has 0 aromatic heterocycles. The quantitative estimate of drug-likeness (QED) is 0.565. The average Bonchev–Trinajstić information content (AvgIpc) is 2.23. The summed E-state index contributed by atoms with van der Waals surface area (Å²) in [5.41, 5.74) is -0.107. The second-order valence-corrected chi connectivity index (χ2v) is 3.31. The van der Waals surface area contributed by atoms with Crippen LogP contribution in [-0.2, 0) is 0 Å². The number of aromatic hydroxyl groups is 1. The molecule has 1 aromatic rings. The van der Waals surface area contributed by atoms with Crippen molar-refractivity contribution in [3.8, 4) is 5.75 Å². The van der Waals surface area contributed by atoms with Gasteiger partial charge in [0.15, 0.2) is 5.82 Å². The maximum atomic E-state index is 13.2. The van der Waals surface area contributed by atoms with Gasteiger partial charge in [0.25, 0.3) is 0 Å². The van der Waals surface area contributed by atoms with Crippen molar-refractivity contribution in [3.63, 3.8) is 0 Å². The zero-order valence-corrected chi connectivity index (χ0v) is 9.01. The molecule has 3 N–H and O–H groups in total. The molecule has 0 heterocycles.